The molecule has 2 nitrogen and oxygen atoms in total. The van der Waals surface area contributed by atoms with Gasteiger partial charge in [0, 0.05) is 0 Å². The highest BCUT2D eigenvalue weighted by Gasteiger charge is 2.13. The number of imidazole rings is 1. The summed E-state index contributed by atoms with van der Waals surface area (Å²) in [5.41, 5.74) is 1.71. The van der Waals surface area contributed by atoms with Crippen LogP contribution in [-0.4, -0.2) is 9.97 Å². The molecule has 3 aromatic rings. The highest BCUT2D eigenvalue weighted by molar-refractivity contribution is 6.35. The summed E-state index contributed by atoms with van der Waals surface area (Å²) in [6.07, 6.45) is 0. The van der Waals surface area contributed by atoms with Crippen LogP contribution in [0.1, 0.15) is 0 Å². The van der Waals surface area contributed by atoms with Crippen molar-refractivity contribution in [3.63, 3.8) is 0 Å². The Labute approximate surface area is 112 Å². The lowest BCUT2D eigenvalue weighted by Gasteiger charge is -2.00. The third-order valence-electron chi connectivity index (χ3n) is 2.67. The molecule has 0 saturated carbocycles. The number of rotatable bonds is 1. The second kappa shape index (κ2) is 4.26. The summed E-state index contributed by atoms with van der Waals surface area (Å²) in [6.45, 7) is 0. The Morgan fingerprint density at radius 3 is 2.50 bits per heavy atom. The normalized spacial score (nSPS) is 11.1. The Kier molecular flexibility index (Phi) is 2.73. The van der Waals surface area contributed by atoms with E-state index in [-0.39, 0.29) is 5.02 Å². The van der Waals surface area contributed by atoms with E-state index in [0.29, 0.717) is 21.9 Å². The lowest BCUT2D eigenvalue weighted by molar-refractivity contribution is 0.630. The van der Waals surface area contributed by atoms with Crippen molar-refractivity contribution < 1.29 is 4.39 Å². The smallest absolute Gasteiger partial charge is 0.152 e. The van der Waals surface area contributed by atoms with Crippen LogP contribution in [0.2, 0.25) is 10.0 Å². The fraction of sp³-hybridized carbons (Fsp3) is 0. The molecule has 0 bridgehead atoms. The van der Waals surface area contributed by atoms with E-state index in [0.717, 1.165) is 5.52 Å². The van der Waals surface area contributed by atoms with E-state index < -0.39 is 5.82 Å². The quantitative estimate of drug-likeness (QED) is 0.689. The maximum atomic E-state index is 13.9. The third kappa shape index (κ3) is 1.76. The fourth-order valence-electron chi connectivity index (χ4n) is 1.81. The Morgan fingerprint density at radius 1 is 1.00 bits per heavy atom. The highest BCUT2D eigenvalue weighted by atomic mass is 35.5. The van der Waals surface area contributed by atoms with Crippen molar-refractivity contribution in [3.05, 3.63) is 52.3 Å². The van der Waals surface area contributed by atoms with Gasteiger partial charge in [-0.25, -0.2) is 9.37 Å². The summed E-state index contributed by atoms with van der Waals surface area (Å²) < 4.78 is 13.9. The zero-order chi connectivity index (χ0) is 12.7. The van der Waals surface area contributed by atoms with Crippen molar-refractivity contribution in [1.82, 2.24) is 9.97 Å². The Hall–Kier alpha value is -1.58. The van der Waals surface area contributed by atoms with Gasteiger partial charge in [-0.15, -0.1) is 0 Å². The van der Waals surface area contributed by atoms with Crippen LogP contribution in [0.15, 0.2) is 36.4 Å². The van der Waals surface area contributed by atoms with E-state index in [4.69, 9.17) is 23.2 Å². The maximum absolute atomic E-state index is 13.9. The van der Waals surface area contributed by atoms with E-state index >= 15 is 0 Å². The zero-order valence-corrected chi connectivity index (χ0v) is 10.6. The molecule has 0 radical (unpaired) electrons. The average Bonchev–Trinajstić information content (AvgIpc) is 2.78. The van der Waals surface area contributed by atoms with Gasteiger partial charge >= 0.3 is 0 Å². The predicted octanol–water partition coefficient (Wildman–Crippen LogP) is 4.68. The van der Waals surface area contributed by atoms with Crippen LogP contribution >= 0.6 is 23.2 Å². The summed E-state index contributed by atoms with van der Waals surface area (Å²) >= 11 is 11.8. The van der Waals surface area contributed by atoms with Crippen molar-refractivity contribution in [1.29, 1.82) is 0 Å². The van der Waals surface area contributed by atoms with Gasteiger partial charge in [-0.05, 0) is 24.3 Å². The number of nitrogens with one attached hydrogen (secondary N) is 1. The average molecular weight is 281 g/mol. The van der Waals surface area contributed by atoms with Gasteiger partial charge in [0.25, 0.3) is 0 Å². The van der Waals surface area contributed by atoms with E-state index in [2.05, 4.69) is 9.97 Å². The number of nitrogens with zero attached hydrogens (tertiary/aromatic N) is 1. The number of H-pyrrole nitrogens is 1. The number of benzene rings is 2. The van der Waals surface area contributed by atoms with Crippen molar-refractivity contribution >= 4 is 34.2 Å². The van der Waals surface area contributed by atoms with Crippen LogP contribution < -0.4 is 0 Å². The zero-order valence-electron chi connectivity index (χ0n) is 9.05. The molecule has 90 valence electrons. The van der Waals surface area contributed by atoms with Crippen molar-refractivity contribution in [3.8, 4) is 11.4 Å². The fourth-order valence-corrected chi connectivity index (χ4v) is 2.20. The molecule has 1 N–H and O–H groups in total. The van der Waals surface area contributed by atoms with Gasteiger partial charge in [-0.1, -0.05) is 35.3 Å². The number of halogens is 3. The molecule has 0 fully saturated rings. The van der Waals surface area contributed by atoms with Gasteiger partial charge in [-0.3, -0.25) is 0 Å². The highest BCUT2D eigenvalue weighted by Crippen LogP contribution is 2.29. The molecular formula is C13H7Cl2FN2. The molecule has 18 heavy (non-hydrogen) atoms. The first-order chi connectivity index (χ1) is 8.66. The lowest BCUT2D eigenvalue weighted by Crippen LogP contribution is -1.87. The Bertz CT molecular complexity index is 737. The Balaban J connectivity index is 2.26. The molecule has 0 spiro atoms. The molecule has 0 unspecified atom stereocenters. The molecule has 0 aliphatic rings. The van der Waals surface area contributed by atoms with E-state index in [1.54, 1.807) is 24.3 Å². The van der Waals surface area contributed by atoms with Crippen molar-refractivity contribution in [2.75, 3.05) is 0 Å². The van der Waals surface area contributed by atoms with Crippen molar-refractivity contribution in [2.24, 2.45) is 0 Å². The first kappa shape index (κ1) is 11.5. The number of hydrogen-bond donors (Lipinski definition) is 1. The van der Waals surface area contributed by atoms with Gasteiger partial charge in [0.1, 0.15) is 11.3 Å². The number of aromatic amines is 1. The monoisotopic (exact) mass is 280 g/mol. The molecule has 0 saturated heterocycles. The molecule has 0 aliphatic heterocycles. The van der Waals surface area contributed by atoms with Crippen LogP contribution in [0.3, 0.4) is 0 Å². The number of para-hydroxylation sites is 1. The van der Waals surface area contributed by atoms with E-state index in [9.17, 15) is 4.39 Å². The van der Waals surface area contributed by atoms with Crippen LogP contribution in [0.5, 0.6) is 0 Å². The van der Waals surface area contributed by atoms with Crippen LogP contribution in [0.4, 0.5) is 4.39 Å². The molecule has 0 aliphatic carbocycles. The largest absolute Gasteiger partial charge is 0.338 e. The molecule has 1 heterocycles. The minimum absolute atomic E-state index is 0.0686. The van der Waals surface area contributed by atoms with Gasteiger partial charge in [0.2, 0.25) is 0 Å². The Morgan fingerprint density at radius 2 is 1.72 bits per heavy atom. The maximum Gasteiger partial charge on any atom is 0.152 e. The third-order valence-corrected chi connectivity index (χ3v) is 3.27. The van der Waals surface area contributed by atoms with Gasteiger partial charge in [-0.2, -0.15) is 0 Å². The standard InChI is InChI=1S/C13H7Cl2FN2/c14-8-4-1-3-7(11(8)16)13-17-10-6-2-5-9(15)12(10)18-13/h1-6H,(H,17,18). The topological polar surface area (TPSA) is 28.7 Å². The minimum atomic E-state index is -0.491. The molecule has 1 aromatic heterocycles. The summed E-state index contributed by atoms with van der Waals surface area (Å²) in [7, 11) is 0. The lowest BCUT2D eigenvalue weighted by atomic mass is 10.2. The first-order valence-electron chi connectivity index (χ1n) is 5.25. The SMILES string of the molecule is Fc1c(Cl)cccc1-c1nc2c(Cl)cccc2[nH]1. The molecule has 0 amide bonds. The first-order valence-corrected chi connectivity index (χ1v) is 6.01. The van der Waals surface area contributed by atoms with Crippen molar-refractivity contribution in [2.45, 2.75) is 0 Å². The summed E-state index contributed by atoms with van der Waals surface area (Å²) in [6, 6.07) is 10.2. The molecule has 3 rings (SSSR count). The number of aromatic nitrogens is 2. The molecular weight excluding hydrogens is 274 g/mol. The second-order valence-corrected chi connectivity index (χ2v) is 4.64. The van der Waals surface area contributed by atoms with Crippen LogP contribution in [0, 0.1) is 5.82 Å². The minimum Gasteiger partial charge on any atom is -0.338 e. The van der Waals surface area contributed by atoms with Gasteiger partial charge in [0.15, 0.2) is 5.82 Å². The summed E-state index contributed by atoms with van der Waals surface area (Å²) in [5, 5.41) is 0.594. The van der Waals surface area contributed by atoms with Crippen LogP contribution in [0.25, 0.3) is 22.4 Å². The molecule has 5 heteroatoms. The number of fused-ring (bicyclic) bond motifs is 1. The number of hydrogen-bond acceptors (Lipinski definition) is 1. The van der Waals surface area contributed by atoms with Crippen LogP contribution in [-0.2, 0) is 0 Å². The predicted molar refractivity (Wildman–Crippen MR) is 71.5 cm³/mol. The van der Waals surface area contributed by atoms with Gasteiger partial charge in [0.05, 0.1) is 21.1 Å². The molecule has 2 aromatic carbocycles. The van der Waals surface area contributed by atoms with E-state index in [1.807, 2.05) is 6.07 Å². The van der Waals surface area contributed by atoms with E-state index in [1.165, 1.54) is 6.07 Å². The summed E-state index contributed by atoms with van der Waals surface area (Å²) in [4.78, 5) is 7.32. The van der Waals surface area contributed by atoms with Gasteiger partial charge < -0.3 is 4.98 Å². The summed E-state index contributed by atoms with van der Waals surface area (Å²) in [5.74, 6) is -0.0764. The second-order valence-electron chi connectivity index (χ2n) is 3.82. The molecule has 0 atom stereocenters.